The monoisotopic (exact) mass is 355 g/mol. The van der Waals surface area contributed by atoms with E-state index in [1.54, 1.807) is 0 Å². The Morgan fingerprint density at radius 2 is 2.05 bits per heavy atom. The molecule has 0 aliphatic carbocycles. The second-order valence-electron chi connectivity index (χ2n) is 5.44. The number of nitrogens with zero attached hydrogens (tertiary/aromatic N) is 2. The molecule has 0 unspecified atom stereocenters. The third-order valence-electron chi connectivity index (χ3n) is 3.67. The summed E-state index contributed by atoms with van der Waals surface area (Å²) in [5, 5.41) is 0. The number of carbonyl (C=O) groups is 1. The van der Waals surface area contributed by atoms with Crippen LogP contribution in [-0.4, -0.2) is 55.5 Å². The summed E-state index contributed by atoms with van der Waals surface area (Å²) >= 11 is 3.42. The van der Waals surface area contributed by atoms with Crippen molar-refractivity contribution in [1.29, 1.82) is 0 Å². The molecule has 1 heterocycles. The summed E-state index contributed by atoms with van der Waals surface area (Å²) < 4.78 is 6.64. The molecule has 1 aliphatic heterocycles. The van der Waals surface area contributed by atoms with Gasteiger partial charge in [-0.2, -0.15) is 0 Å². The molecule has 0 aromatic heterocycles. The first-order valence-electron chi connectivity index (χ1n) is 7.11. The molecule has 1 atom stereocenters. The summed E-state index contributed by atoms with van der Waals surface area (Å²) in [5.74, 6) is 0.706. The summed E-state index contributed by atoms with van der Waals surface area (Å²) in [5.41, 5.74) is 6.84. The molecule has 116 valence electrons. The van der Waals surface area contributed by atoms with Crippen LogP contribution in [0.25, 0.3) is 0 Å². The zero-order chi connectivity index (χ0) is 15.4. The second-order valence-corrected chi connectivity index (χ2v) is 6.36. The summed E-state index contributed by atoms with van der Waals surface area (Å²) in [6, 6.07) is 5.53. The molecule has 1 saturated heterocycles. The van der Waals surface area contributed by atoms with E-state index in [0.29, 0.717) is 5.75 Å². The molecule has 2 N–H and O–H groups in total. The lowest BCUT2D eigenvalue weighted by Crippen LogP contribution is -2.48. The minimum Gasteiger partial charge on any atom is -0.483 e. The Morgan fingerprint density at radius 3 is 2.67 bits per heavy atom. The molecule has 5 nitrogen and oxygen atoms in total. The number of nitrogens with two attached hydrogens (primary N) is 1. The number of carbonyl (C=O) groups excluding carboxylic acids is 1. The number of benzene rings is 1. The summed E-state index contributed by atoms with van der Waals surface area (Å²) in [6.07, 6.45) is 0. The van der Waals surface area contributed by atoms with E-state index in [1.807, 2.05) is 30.0 Å². The number of likely N-dealkylation sites (N-methyl/N-ethyl adjacent to an activating group) is 1. The number of rotatable bonds is 4. The van der Waals surface area contributed by atoms with E-state index < -0.39 is 0 Å². The van der Waals surface area contributed by atoms with Crippen LogP contribution in [-0.2, 0) is 4.79 Å². The van der Waals surface area contributed by atoms with Gasteiger partial charge in [0.1, 0.15) is 5.75 Å². The predicted octanol–water partition coefficient (Wildman–Crippen LogP) is 1.62. The highest BCUT2D eigenvalue weighted by Crippen LogP contribution is 2.27. The molecular formula is C15H22BrN3O2. The Balaban J connectivity index is 1.95. The fourth-order valence-electron chi connectivity index (χ4n) is 2.29. The van der Waals surface area contributed by atoms with Crippen molar-refractivity contribution in [2.75, 3.05) is 39.8 Å². The molecule has 1 fully saturated rings. The Morgan fingerprint density at radius 1 is 1.38 bits per heavy atom. The number of halogens is 1. The van der Waals surface area contributed by atoms with Gasteiger partial charge in [0, 0.05) is 42.3 Å². The summed E-state index contributed by atoms with van der Waals surface area (Å²) in [7, 11) is 2.06. The van der Waals surface area contributed by atoms with Crippen LogP contribution in [0.5, 0.6) is 5.75 Å². The van der Waals surface area contributed by atoms with E-state index in [4.69, 9.17) is 10.5 Å². The third-order valence-corrected chi connectivity index (χ3v) is 4.16. The molecule has 0 bridgehead atoms. The first-order valence-corrected chi connectivity index (χ1v) is 7.91. The first kappa shape index (κ1) is 16.3. The van der Waals surface area contributed by atoms with E-state index in [2.05, 4.69) is 27.9 Å². The largest absolute Gasteiger partial charge is 0.483 e. The highest BCUT2D eigenvalue weighted by molar-refractivity contribution is 9.10. The zero-order valence-electron chi connectivity index (χ0n) is 12.5. The van der Waals surface area contributed by atoms with E-state index >= 15 is 0 Å². The van der Waals surface area contributed by atoms with Crippen molar-refractivity contribution in [1.82, 2.24) is 9.80 Å². The first-order chi connectivity index (χ1) is 9.97. The standard InChI is InChI=1S/C15H22BrN3O2/c1-11(17)13-9-12(16)3-4-14(13)21-10-15(20)19-7-5-18(2)6-8-19/h3-4,9,11H,5-8,10,17H2,1-2H3/t11-/m1/s1. The third kappa shape index (κ3) is 4.43. The van der Waals surface area contributed by atoms with Crippen LogP contribution < -0.4 is 10.5 Å². The van der Waals surface area contributed by atoms with Gasteiger partial charge in [-0.3, -0.25) is 4.79 Å². The number of ether oxygens (including phenoxy) is 1. The van der Waals surface area contributed by atoms with Crippen LogP contribution in [0, 0.1) is 0 Å². The van der Waals surface area contributed by atoms with Crippen molar-refractivity contribution < 1.29 is 9.53 Å². The molecule has 1 aliphatic rings. The highest BCUT2D eigenvalue weighted by atomic mass is 79.9. The summed E-state index contributed by atoms with van der Waals surface area (Å²) in [6.45, 7) is 5.31. The number of hydrogen-bond acceptors (Lipinski definition) is 4. The van der Waals surface area contributed by atoms with Crippen molar-refractivity contribution in [2.45, 2.75) is 13.0 Å². The lowest BCUT2D eigenvalue weighted by atomic mass is 10.1. The van der Waals surface area contributed by atoms with Gasteiger partial charge in [-0.05, 0) is 32.2 Å². The maximum absolute atomic E-state index is 12.2. The maximum atomic E-state index is 12.2. The molecule has 1 aromatic carbocycles. The molecule has 21 heavy (non-hydrogen) atoms. The molecule has 0 saturated carbocycles. The van der Waals surface area contributed by atoms with E-state index in [0.717, 1.165) is 36.2 Å². The highest BCUT2D eigenvalue weighted by Gasteiger charge is 2.20. The van der Waals surface area contributed by atoms with Crippen LogP contribution >= 0.6 is 15.9 Å². The SMILES string of the molecule is C[C@@H](N)c1cc(Br)ccc1OCC(=O)N1CCN(C)CC1. The fraction of sp³-hybridized carbons (Fsp3) is 0.533. The average molecular weight is 356 g/mol. The maximum Gasteiger partial charge on any atom is 0.260 e. The van der Waals surface area contributed by atoms with Crippen molar-refractivity contribution in [2.24, 2.45) is 5.73 Å². The minimum atomic E-state index is -0.142. The molecule has 2 rings (SSSR count). The topological polar surface area (TPSA) is 58.8 Å². The van der Waals surface area contributed by atoms with Crippen LogP contribution in [0.4, 0.5) is 0 Å². The van der Waals surface area contributed by atoms with Gasteiger partial charge in [0.05, 0.1) is 0 Å². The van der Waals surface area contributed by atoms with Crippen molar-refractivity contribution in [3.8, 4) is 5.75 Å². The van der Waals surface area contributed by atoms with Crippen LogP contribution in [0.15, 0.2) is 22.7 Å². The van der Waals surface area contributed by atoms with Gasteiger partial charge in [0.25, 0.3) is 5.91 Å². The Hall–Kier alpha value is -1.11. The van der Waals surface area contributed by atoms with Gasteiger partial charge in [-0.1, -0.05) is 15.9 Å². The molecular weight excluding hydrogens is 334 g/mol. The van der Waals surface area contributed by atoms with Gasteiger partial charge in [-0.15, -0.1) is 0 Å². The van der Waals surface area contributed by atoms with E-state index in [1.165, 1.54) is 0 Å². The lowest BCUT2D eigenvalue weighted by molar-refractivity contribution is -0.134. The van der Waals surface area contributed by atoms with Crippen molar-refractivity contribution in [3.63, 3.8) is 0 Å². The van der Waals surface area contributed by atoms with Crippen LogP contribution in [0.2, 0.25) is 0 Å². The quantitative estimate of drug-likeness (QED) is 0.891. The molecule has 6 heteroatoms. The van der Waals surface area contributed by atoms with Gasteiger partial charge in [0.15, 0.2) is 6.61 Å². The fourth-order valence-corrected chi connectivity index (χ4v) is 2.67. The minimum absolute atomic E-state index is 0.0293. The Bertz CT molecular complexity index is 500. The van der Waals surface area contributed by atoms with Crippen molar-refractivity contribution >= 4 is 21.8 Å². The molecule has 0 spiro atoms. The van der Waals surface area contributed by atoms with Gasteiger partial charge in [-0.25, -0.2) is 0 Å². The smallest absolute Gasteiger partial charge is 0.260 e. The molecule has 1 amide bonds. The predicted molar refractivity (Wildman–Crippen MR) is 86.3 cm³/mol. The second kappa shape index (κ2) is 7.24. The van der Waals surface area contributed by atoms with E-state index in [-0.39, 0.29) is 18.6 Å². The Labute approximate surface area is 134 Å². The van der Waals surface area contributed by atoms with Crippen molar-refractivity contribution in [3.05, 3.63) is 28.2 Å². The zero-order valence-corrected chi connectivity index (χ0v) is 14.1. The Kier molecular flexibility index (Phi) is 5.61. The van der Waals surface area contributed by atoms with Crippen LogP contribution in [0.3, 0.4) is 0 Å². The van der Waals surface area contributed by atoms with Gasteiger partial charge in [0.2, 0.25) is 0 Å². The average Bonchev–Trinajstić information content (AvgIpc) is 2.46. The number of hydrogen-bond donors (Lipinski definition) is 1. The number of piperazine rings is 1. The van der Waals surface area contributed by atoms with E-state index in [9.17, 15) is 4.79 Å². The normalized spacial score (nSPS) is 17.6. The van der Waals surface area contributed by atoms with Gasteiger partial charge < -0.3 is 20.3 Å². The number of amides is 1. The molecule has 1 aromatic rings. The lowest BCUT2D eigenvalue weighted by Gasteiger charge is -2.32. The van der Waals surface area contributed by atoms with Crippen LogP contribution in [0.1, 0.15) is 18.5 Å². The summed E-state index contributed by atoms with van der Waals surface area (Å²) in [4.78, 5) is 16.2. The molecule has 0 radical (unpaired) electrons. The van der Waals surface area contributed by atoms with Gasteiger partial charge >= 0.3 is 0 Å².